The largest absolute Gasteiger partial charge is 0.451 e. The number of nitrogens with zero attached hydrogens (tertiary/aromatic N) is 1. The highest BCUT2D eigenvalue weighted by Gasteiger charge is 1.97. The molecular formula is C20H37NO. The number of unbranched alkanes of at least 4 members (excludes halogenated alkanes) is 14. The Balaban J connectivity index is 1.68. The molecule has 0 radical (unpaired) electrons. The molecule has 1 aromatic rings. The molecule has 0 N–H and O–H groups in total. The van der Waals surface area contributed by atoms with Crippen LogP contribution in [0.25, 0.3) is 0 Å². The SMILES string of the molecule is CCCCCCCCCCCCCCCCCc1cocn1. The summed E-state index contributed by atoms with van der Waals surface area (Å²) in [6, 6.07) is 0. The molecule has 0 aliphatic heterocycles. The van der Waals surface area contributed by atoms with Crippen molar-refractivity contribution in [3.8, 4) is 0 Å². The van der Waals surface area contributed by atoms with E-state index < -0.39 is 0 Å². The van der Waals surface area contributed by atoms with Crippen molar-refractivity contribution in [1.29, 1.82) is 0 Å². The van der Waals surface area contributed by atoms with Crippen LogP contribution in [0.2, 0.25) is 0 Å². The minimum atomic E-state index is 1.08. The van der Waals surface area contributed by atoms with E-state index in [9.17, 15) is 0 Å². The average Bonchev–Trinajstić information content (AvgIpc) is 3.04. The molecule has 0 saturated carbocycles. The van der Waals surface area contributed by atoms with E-state index in [4.69, 9.17) is 4.42 Å². The van der Waals surface area contributed by atoms with Gasteiger partial charge in [-0.2, -0.15) is 0 Å². The number of aromatic nitrogens is 1. The fraction of sp³-hybridized carbons (Fsp3) is 0.850. The Morgan fingerprint density at radius 2 is 1.14 bits per heavy atom. The van der Waals surface area contributed by atoms with Gasteiger partial charge < -0.3 is 4.42 Å². The number of hydrogen-bond acceptors (Lipinski definition) is 2. The van der Waals surface area contributed by atoms with Crippen LogP contribution in [0, 0.1) is 0 Å². The standard InChI is InChI=1S/C20H37NO/c1-2-3-4-5-6-7-8-9-10-11-12-13-14-15-16-17-20-18-22-19-21-20/h18-19H,2-17H2,1H3. The Hall–Kier alpha value is -0.790. The highest BCUT2D eigenvalue weighted by molar-refractivity contribution is 4.90. The smallest absolute Gasteiger partial charge is 0.180 e. The quantitative estimate of drug-likeness (QED) is 0.305. The van der Waals surface area contributed by atoms with Gasteiger partial charge in [0.25, 0.3) is 0 Å². The lowest BCUT2D eigenvalue weighted by molar-refractivity contribution is 0.531. The lowest BCUT2D eigenvalue weighted by Crippen LogP contribution is -1.86. The van der Waals surface area contributed by atoms with E-state index in [-0.39, 0.29) is 0 Å². The summed E-state index contributed by atoms with van der Waals surface area (Å²) < 4.78 is 4.98. The van der Waals surface area contributed by atoms with Crippen LogP contribution < -0.4 is 0 Å². The molecule has 2 nitrogen and oxygen atoms in total. The minimum Gasteiger partial charge on any atom is -0.451 e. The van der Waals surface area contributed by atoms with Gasteiger partial charge in [0, 0.05) is 0 Å². The van der Waals surface area contributed by atoms with Crippen LogP contribution in [0.4, 0.5) is 0 Å². The lowest BCUT2D eigenvalue weighted by atomic mass is 10.0. The molecule has 0 bridgehead atoms. The monoisotopic (exact) mass is 307 g/mol. The average molecular weight is 308 g/mol. The molecule has 0 aliphatic rings. The normalized spacial score (nSPS) is 11.1. The second kappa shape index (κ2) is 15.1. The molecule has 0 spiro atoms. The first-order valence-electron chi connectivity index (χ1n) is 9.80. The van der Waals surface area contributed by atoms with Crippen LogP contribution in [0.1, 0.15) is 109 Å². The van der Waals surface area contributed by atoms with Crippen molar-refractivity contribution in [3.63, 3.8) is 0 Å². The molecule has 1 heterocycles. The van der Waals surface area contributed by atoms with Crippen molar-refractivity contribution >= 4 is 0 Å². The number of oxazole rings is 1. The van der Waals surface area contributed by atoms with Crippen LogP contribution in [-0.4, -0.2) is 4.98 Å². The maximum atomic E-state index is 4.98. The van der Waals surface area contributed by atoms with E-state index in [1.165, 1.54) is 103 Å². The van der Waals surface area contributed by atoms with E-state index >= 15 is 0 Å². The van der Waals surface area contributed by atoms with E-state index in [0.29, 0.717) is 0 Å². The highest BCUT2D eigenvalue weighted by Crippen LogP contribution is 2.13. The molecule has 0 saturated heterocycles. The molecule has 22 heavy (non-hydrogen) atoms. The van der Waals surface area contributed by atoms with Crippen LogP contribution in [0.5, 0.6) is 0 Å². The molecule has 2 heteroatoms. The zero-order chi connectivity index (χ0) is 15.7. The third kappa shape index (κ3) is 11.8. The molecule has 0 unspecified atom stereocenters. The van der Waals surface area contributed by atoms with Gasteiger partial charge in [0.15, 0.2) is 6.39 Å². The fourth-order valence-corrected chi connectivity index (χ4v) is 3.04. The lowest BCUT2D eigenvalue weighted by Gasteiger charge is -2.03. The van der Waals surface area contributed by atoms with Crippen molar-refractivity contribution in [1.82, 2.24) is 4.98 Å². The van der Waals surface area contributed by atoms with Gasteiger partial charge in [-0.25, -0.2) is 4.98 Å². The maximum absolute atomic E-state index is 4.98. The van der Waals surface area contributed by atoms with Crippen molar-refractivity contribution in [2.24, 2.45) is 0 Å². The van der Waals surface area contributed by atoms with Crippen molar-refractivity contribution in [3.05, 3.63) is 18.4 Å². The zero-order valence-corrected chi connectivity index (χ0v) is 14.8. The molecule has 0 atom stereocenters. The minimum absolute atomic E-state index is 1.08. The van der Waals surface area contributed by atoms with Crippen LogP contribution >= 0.6 is 0 Å². The number of rotatable bonds is 16. The Labute approximate surface area is 138 Å². The first-order valence-corrected chi connectivity index (χ1v) is 9.80. The second-order valence-corrected chi connectivity index (χ2v) is 6.68. The van der Waals surface area contributed by atoms with Gasteiger partial charge in [-0.05, 0) is 12.8 Å². The molecule has 1 aromatic heterocycles. The van der Waals surface area contributed by atoms with E-state index in [2.05, 4.69) is 11.9 Å². The number of aryl methyl sites for hydroxylation is 1. The van der Waals surface area contributed by atoms with Gasteiger partial charge in [0.05, 0.1) is 5.69 Å². The Kier molecular flexibility index (Phi) is 13.2. The third-order valence-corrected chi connectivity index (χ3v) is 4.52. The van der Waals surface area contributed by atoms with Crippen molar-refractivity contribution in [2.75, 3.05) is 0 Å². The first-order chi connectivity index (χ1) is 10.9. The number of hydrogen-bond donors (Lipinski definition) is 0. The van der Waals surface area contributed by atoms with Gasteiger partial charge in [-0.1, -0.05) is 96.8 Å². The summed E-state index contributed by atoms with van der Waals surface area (Å²) in [7, 11) is 0. The Morgan fingerprint density at radius 3 is 1.55 bits per heavy atom. The predicted molar refractivity (Wildman–Crippen MR) is 95.1 cm³/mol. The Bertz CT molecular complexity index is 308. The summed E-state index contributed by atoms with van der Waals surface area (Å²) in [5.74, 6) is 0. The summed E-state index contributed by atoms with van der Waals surface area (Å²) in [5, 5.41) is 0. The van der Waals surface area contributed by atoms with Gasteiger partial charge in [0.2, 0.25) is 0 Å². The topological polar surface area (TPSA) is 26.0 Å². The third-order valence-electron chi connectivity index (χ3n) is 4.52. The molecule has 1 rings (SSSR count). The molecule has 128 valence electrons. The molecule has 0 aromatic carbocycles. The summed E-state index contributed by atoms with van der Waals surface area (Å²) in [4.78, 5) is 4.15. The Morgan fingerprint density at radius 1 is 0.682 bits per heavy atom. The molecule has 0 amide bonds. The summed E-state index contributed by atoms with van der Waals surface area (Å²) >= 11 is 0. The van der Waals surface area contributed by atoms with Gasteiger partial charge >= 0.3 is 0 Å². The summed E-state index contributed by atoms with van der Waals surface area (Å²) in [5.41, 5.74) is 1.11. The fourth-order valence-electron chi connectivity index (χ4n) is 3.04. The van der Waals surface area contributed by atoms with Crippen molar-refractivity contribution in [2.45, 2.75) is 110 Å². The zero-order valence-electron chi connectivity index (χ0n) is 14.8. The summed E-state index contributed by atoms with van der Waals surface area (Å²) in [6.07, 6.45) is 25.6. The molecule has 0 fully saturated rings. The van der Waals surface area contributed by atoms with Gasteiger partial charge in [0.1, 0.15) is 6.26 Å². The van der Waals surface area contributed by atoms with E-state index in [1.807, 2.05) is 0 Å². The van der Waals surface area contributed by atoms with Crippen LogP contribution in [0.15, 0.2) is 17.1 Å². The molecular weight excluding hydrogens is 270 g/mol. The first kappa shape index (κ1) is 19.3. The maximum Gasteiger partial charge on any atom is 0.180 e. The second-order valence-electron chi connectivity index (χ2n) is 6.68. The van der Waals surface area contributed by atoms with Crippen LogP contribution in [-0.2, 0) is 6.42 Å². The van der Waals surface area contributed by atoms with Gasteiger partial charge in [-0.3, -0.25) is 0 Å². The van der Waals surface area contributed by atoms with Crippen LogP contribution in [0.3, 0.4) is 0 Å². The summed E-state index contributed by atoms with van der Waals surface area (Å²) in [6.45, 7) is 2.29. The van der Waals surface area contributed by atoms with Gasteiger partial charge in [-0.15, -0.1) is 0 Å². The van der Waals surface area contributed by atoms with E-state index in [1.54, 1.807) is 6.26 Å². The van der Waals surface area contributed by atoms with Crippen molar-refractivity contribution < 1.29 is 4.42 Å². The molecule has 0 aliphatic carbocycles. The predicted octanol–water partition coefficient (Wildman–Crippen LogP) is 7.09. The van der Waals surface area contributed by atoms with E-state index in [0.717, 1.165) is 12.1 Å². The highest BCUT2D eigenvalue weighted by atomic mass is 16.3.